The Hall–Kier alpha value is -0.620. The van der Waals surface area contributed by atoms with Gasteiger partial charge >= 0.3 is 0 Å². The second-order valence-corrected chi connectivity index (χ2v) is 6.08. The number of halogens is 1. The van der Waals surface area contributed by atoms with Crippen molar-refractivity contribution in [2.24, 2.45) is 0 Å². The van der Waals surface area contributed by atoms with Gasteiger partial charge in [0.2, 0.25) is 0 Å². The highest BCUT2D eigenvalue weighted by molar-refractivity contribution is 7.99. The molecule has 2 unspecified atom stereocenters. The van der Waals surface area contributed by atoms with E-state index in [1.165, 1.54) is 6.07 Å². The van der Waals surface area contributed by atoms with Crippen LogP contribution < -0.4 is 5.32 Å². The molecule has 3 nitrogen and oxygen atoms in total. The summed E-state index contributed by atoms with van der Waals surface area (Å²) in [6.45, 7) is 3.96. The molecule has 0 heterocycles. The van der Waals surface area contributed by atoms with Crippen molar-refractivity contribution in [3.8, 4) is 0 Å². The number of ether oxygens (including phenoxy) is 1. The van der Waals surface area contributed by atoms with Crippen LogP contribution in [0.2, 0.25) is 0 Å². The van der Waals surface area contributed by atoms with Crippen LogP contribution in [0, 0.1) is 5.82 Å². The molecule has 0 bridgehead atoms. The fraction of sp³-hybridized carbons (Fsp3) is 0.600. The van der Waals surface area contributed by atoms with Crippen LogP contribution in [0.1, 0.15) is 18.9 Å². The average molecular weight is 301 g/mol. The minimum absolute atomic E-state index is 0.188. The summed E-state index contributed by atoms with van der Waals surface area (Å²) in [5.74, 6) is -0.272. The van der Waals surface area contributed by atoms with Crippen LogP contribution in [0.3, 0.4) is 0 Å². The van der Waals surface area contributed by atoms with Crippen molar-refractivity contribution in [1.29, 1.82) is 0 Å². The zero-order valence-corrected chi connectivity index (χ0v) is 13.0. The first kappa shape index (κ1) is 17.4. The molecule has 2 atom stereocenters. The van der Waals surface area contributed by atoms with Gasteiger partial charge < -0.3 is 15.2 Å². The second kappa shape index (κ2) is 10.2. The van der Waals surface area contributed by atoms with Crippen molar-refractivity contribution in [3.05, 3.63) is 35.6 Å². The molecule has 20 heavy (non-hydrogen) atoms. The van der Waals surface area contributed by atoms with E-state index in [4.69, 9.17) is 4.74 Å². The molecule has 0 amide bonds. The summed E-state index contributed by atoms with van der Waals surface area (Å²) in [6, 6.07) is 6.51. The molecule has 0 aliphatic rings. The number of hydrogen-bond donors (Lipinski definition) is 2. The van der Waals surface area contributed by atoms with E-state index in [2.05, 4.69) is 18.5 Å². The summed E-state index contributed by atoms with van der Waals surface area (Å²) in [5.41, 5.74) is 0.515. The fourth-order valence-corrected chi connectivity index (χ4v) is 2.02. The van der Waals surface area contributed by atoms with E-state index in [-0.39, 0.29) is 19.0 Å². The Bertz CT molecular complexity index is 379. The molecule has 0 aliphatic heterocycles. The third kappa shape index (κ3) is 7.24. The number of benzene rings is 1. The van der Waals surface area contributed by atoms with Gasteiger partial charge in [0.1, 0.15) is 5.82 Å². The maximum Gasteiger partial charge on any atom is 0.128 e. The summed E-state index contributed by atoms with van der Waals surface area (Å²) in [5, 5.41) is 13.5. The van der Waals surface area contributed by atoms with Gasteiger partial charge in [-0.3, -0.25) is 0 Å². The quantitative estimate of drug-likeness (QED) is 0.651. The van der Waals surface area contributed by atoms with Crippen molar-refractivity contribution in [1.82, 2.24) is 5.32 Å². The molecule has 1 aromatic rings. The van der Waals surface area contributed by atoms with Crippen molar-refractivity contribution >= 4 is 11.8 Å². The Labute approximate surface area is 124 Å². The minimum atomic E-state index is -0.564. The highest BCUT2D eigenvalue weighted by Crippen LogP contribution is 2.08. The topological polar surface area (TPSA) is 41.5 Å². The predicted octanol–water partition coefficient (Wildman–Crippen LogP) is 2.43. The van der Waals surface area contributed by atoms with Gasteiger partial charge in [-0.15, -0.1) is 0 Å². The van der Waals surface area contributed by atoms with E-state index in [1.807, 2.05) is 11.8 Å². The first-order valence-electron chi connectivity index (χ1n) is 6.86. The molecule has 0 saturated carbocycles. The largest absolute Gasteiger partial charge is 0.389 e. The third-order valence-electron chi connectivity index (χ3n) is 3.04. The highest BCUT2D eigenvalue weighted by Gasteiger charge is 2.06. The van der Waals surface area contributed by atoms with Crippen molar-refractivity contribution in [2.75, 3.05) is 26.0 Å². The molecule has 0 aromatic heterocycles. The fourth-order valence-electron chi connectivity index (χ4n) is 1.67. The molecular formula is C15H24FNO2S. The Morgan fingerprint density at radius 3 is 2.85 bits per heavy atom. The maximum atomic E-state index is 13.3. The normalized spacial score (nSPS) is 14.2. The van der Waals surface area contributed by atoms with Crippen LogP contribution in [0.15, 0.2) is 24.3 Å². The van der Waals surface area contributed by atoms with Gasteiger partial charge in [-0.1, -0.05) is 25.1 Å². The summed E-state index contributed by atoms with van der Waals surface area (Å²) < 4.78 is 18.6. The van der Waals surface area contributed by atoms with E-state index >= 15 is 0 Å². The predicted molar refractivity (Wildman–Crippen MR) is 82.5 cm³/mol. The monoisotopic (exact) mass is 301 g/mol. The summed E-state index contributed by atoms with van der Waals surface area (Å²) in [4.78, 5) is 0. The smallest absolute Gasteiger partial charge is 0.128 e. The van der Waals surface area contributed by atoms with E-state index in [0.717, 1.165) is 13.0 Å². The molecule has 5 heteroatoms. The Morgan fingerprint density at radius 1 is 1.40 bits per heavy atom. The van der Waals surface area contributed by atoms with Gasteiger partial charge in [0, 0.05) is 17.4 Å². The lowest BCUT2D eigenvalue weighted by molar-refractivity contribution is 0.0279. The van der Waals surface area contributed by atoms with E-state index in [0.29, 0.717) is 17.4 Å². The molecule has 1 aromatic carbocycles. The zero-order valence-electron chi connectivity index (χ0n) is 12.1. The SMILES string of the molecule is CSC(C)CCNCC(O)COCc1ccccc1F. The Kier molecular flexibility index (Phi) is 8.85. The van der Waals surface area contributed by atoms with Crippen LogP contribution in [0.5, 0.6) is 0 Å². The molecule has 0 saturated heterocycles. The Morgan fingerprint density at radius 2 is 2.15 bits per heavy atom. The highest BCUT2D eigenvalue weighted by atomic mass is 32.2. The summed E-state index contributed by atoms with van der Waals surface area (Å²) in [7, 11) is 0. The van der Waals surface area contributed by atoms with Gasteiger partial charge in [0.15, 0.2) is 0 Å². The lowest BCUT2D eigenvalue weighted by Crippen LogP contribution is -2.31. The number of hydrogen-bond acceptors (Lipinski definition) is 4. The van der Waals surface area contributed by atoms with E-state index in [9.17, 15) is 9.50 Å². The Balaban J connectivity index is 2.08. The molecule has 114 valence electrons. The molecule has 2 N–H and O–H groups in total. The second-order valence-electron chi connectivity index (χ2n) is 4.80. The average Bonchev–Trinajstić information content (AvgIpc) is 2.45. The number of nitrogens with one attached hydrogen (secondary N) is 1. The molecule has 0 fully saturated rings. The first-order chi connectivity index (χ1) is 9.63. The van der Waals surface area contributed by atoms with Gasteiger partial charge in [-0.05, 0) is 25.3 Å². The number of aliphatic hydroxyl groups is 1. The standard InChI is InChI=1S/C15H24FNO2S/c1-12(20-2)7-8-17-9-14(18)11-19-10-13-5-3-4-6-15(13)16/h3-6,12,14,17-18H,7-11H2,1-2H3. The van der Waals surface area contributed by atoms with Crippen molar-refractivity contribution in [2.45, 2.75) is 31.3 Å². The maximum absolute atomic E-state index is 13.3. The molecule has 0 aliphatic carbocycles. The summed E-state index contributed by atoms with van der Waals surface area (Å²) >= 11 is 1.83. The number of thioether (sulfide) groups is 1. The third-order valence-corrected chi connectivity index (χ3v) is 4.08. The van der Waals surface area contributed by atoms with E-state index in [1.54, 1.807) is 18.2 Å². The zero-order chi connectivity index (χ0) is 14.8. The van der Waals surface area contributed by atoms with E-state index < -0.39 is 6.10 Å². The van der Waals surface area contributed by atoms with Crippen LogP contribution in [-0.2, 0) is 11.3 Å². The van der Waals surface area contributed by atoms with Crippen molar-refractivity contribution in [3.63, 3.8) is 0 Å². The lowest BCUT2D eigenvalue weighted by Gasteiger charge is -2.14. The molecule has 0 radical (unpaired) electrons. The number of aliphatic hydroxyl groups excluding tert-OH is 1. The van der Waals surface area contributed by atoms with Crippen LogP contribution in [-0.4, -0.2) is 42.4 Å². The van der Waals surface area contributed by atoms with Crippen LogP contribution in [0.25, 0.3) is 0 Å². The van der Waals surface area contributed by atoms with Gasteiger partial charge in [0.05, 0.1) is 19.3 Å². The first-order valence-corrected chi connectivity index (χ1v) is 8.15. The van der Waals surface area contributed by atoms with Gasteiger partial charge in [0.25, 0.3) is 0 Å². The van der Waals surface area contributed by atoms with Crippen LogP contribution in [0.4, 0.5) is 4.39 Å². The molecular weight excluding hydrogens is 277 g/mol. The number of rotatable bonds is 10. The lowest BCUT2D eigenvalue weighted by atomic mass is 10.2. The molecule has 0 spiro atoms. The van der Waals surface area contributed by atoms with Gasteiger partial charge in [-0.2, -0.15) is 11.8 Å². The van der Waals surface area contributed by atoms with Crippen molar-refractivity contribution < 1.29 is 14.2 Å². The molecule has 1 rings (SSSR count). The van der Waals surface area contributed by atoms with Gasteiger partial charge in [-0.25, -0.2) is 4.39 Å². The van der Waals surface area contributed by atoms with Crippen LogP contribution >= 0.6 is 11.8 Å². The minimum Gasteiger partial charge on any atom is -0.389 e. The summed E-state index contributed by atoms with van der Waals surface area (Å²) in [6.07, 6.45) is 2.60.